The number of unbranched alkanes of at least 4 members (excludes halogenated alkanes) is 1. The van der Waals surface area contributed by atoms with Gasteiger partial charge in [0.1, 0.15) is 0 Å². The Labute approximate surface area is 123 Å². The Balaban J connectivity index is 2.17. The van der Waals surface area contributed by atoms with E-state index in [2.05, 4.69) is 12.3 Å². The molecule has 0 atom stereocenters. The Morgan fingerprint density at radius 2 is 1.76 bits per heavy atom. The molecule has 0 saturated carbocycles. The highest BCUT2D eigenvalue weighted by molar-refractivity contribution is 5.76. The van der Waals surface area contributed by atoms with E-state index in [0.29, 0.717) is 19.4 Å². The van der Waals surface area contributed by atoms with Gasteiger partial charge < -0.3 is 0 Å². The molecule has 0 aliphatic rings. The molecule has 114 valence electrons. The number of nitrogens with two attached hydrogens (primary N) is 1. The monoisotopic (exact) mass is 290 g/mol. The van der Waals surface area contributed by atoms with Crippen molar-refractivity contribution in [3.05, 3.63) is 34.7 Å². The molecule has 2 aromatic rings. The summed E-state index contributed by atoms with van der Waals surface area (Å²) in [5, 5.41) is 0. The molecule has 1 aromatic heterocycles. The molecule has 0 bridgehead atoms. The highest BCUT2D eigenvalue weighted by atomic mass is 16.2. The van der Waals surface area contributed by atoms with Crippen LogP contribution in [0.2, 0.25) is 0 Å². The van der Waals surface area contributed by atoms with E-state index >= 15 is 0 Å². The zero-order chi connectivity index (χ0) is 15.2. The Hall–Kier alpha value is -2.08. The van der Waals surface area contributed by atoms with E-state index in [-0.39, 0.29) is 11.6 Å². The fourth-order valence-electron chi connectivity index (χ4n) is 2.56. The summed E-state index contributed by atoms with van der Waals surface area (Å²) in [7, 11) is 0. The minimum Gasteiger partial charge on any atom is -0.294 e. The molecule has 0 unspecified atom stereocenters. The van der Waals surface area contributed by atoms with Crippen LogP contribution in [0, 0.1) is 0 Å². The second-order valence-electron chi connectivity index (χ2n) is 5.10. The molecule has 0 aliphatic carbocycles. The lowest BCUT2D eigenvalue weighted by molar-refractivity contribution is -0.121. The SMILES string of the molecule is CCCn1c(=O)n(CCCCC(=O)NN)c2ccccc21. The molecule has 1 heterocycles. The maximum Gasteiger partial charge on any atom is 0.329 e. The van der Waals surface area contributed by atoms with E-state index in [1.165, 1.54) is 0 Å². The Morgan fingerprint density at radius 1 is 1.14 bits per heavy atom. The number of hydrazine groups is 1. The van der Waals surface area contributed by atoms with Crippen LogP contribution < -0.4 is 17.0 Å². The Bertz CT molecular complexity index is 672. The first-order chi connectivity index (χ1) is 10.2. The maximum absolute atomic E-state index is 12.5. The van der Waals surface area contributed by atoms with Crippen molar-refractivity contribution >= 4 is 16.9 Å². The lowest BCUT2D eigenvalue weighted by atomic mass is 10.2. The Kier molecular flexibility index (Phi) is 5.16. The highest BCUT2D eigenvalue weighted by Gasteiger charge is 2.11. The smallest absolute Gasteiger partial charge is 0.294 e. The van der Waals surface area contributed by atoms with E-state index in [1.54, 1.807) is 4.57 Å². The normalized spacial score (nSPS) is 11.0. The molecule has 0 aliphatic heterocycles. The zero-order valence-corrected chi connectivity index (χ0v) is 12.3. The number of benzene rings is 1. The summed E-state index contributed by atoms with van der Waals surface area (Å²) in [4.78, 5) is 23.6. The van der Waals surface area contributed by atoms with E-state index in [9.17, 15) is 9.59 Å². The fourth-order valence-corrected chi connectivity index (χ4v) is 2.56. The van der Waals surface area contributed by atoms with Gasteiger partial charge in [0.2, 0.25) is 5.91 Å². The van der Waals surface area contributed by atoms with Crippen molar-refractivity contribution in [3.8, 4) is 0 Å². The largest absolute Gasteiger partial charge is 0.329 e. The van der Waals surface area contributed by atoms with Crippen LogP contribution in [0.1, 0.15) is 32.6 Å². The molecule has 6 heteroatoms. The van der Waals surface area contributed by atoms with Gasteiger partial charge in [-0.25, -0.2) is 10.6 Å². The number of fused-ring (bicyclic) bond motifs is 1. The van der Waals surface area contributed by atoms with Crippen molar-refractivity contribution in [2.75, 3.05) is 0 Å². The highest BCUT2D eigenvalue weighted by Crippen LogP contribution is 2.14. The third-order valence-corrected chi connectivity index (χ3v) is 3.57. The standard InChI is InChI=1S/C15H22N4O2/c1-2-10-18-12-7-3-4-8-13(12)19(15(18)21)11-6-5-9-14(20)17-16/h3-4,7-8H,2,5-6,9-11,16H2,1H3,(H,17,20). The second-order valence-corrected chi connectivity index (χ2v) is 5.10. The van der Waals surface area contributed by atoms with Crippen molar-refractivity contribution < 1.29 is 4.79 Å². The number of nitrogens with one attached hydrogen (secondary N) is 1. The number of para-hydroxylation sites is 2. The van der Waals surface area contributed by atoms with Crippen molar-refractivity contribution in [2.45, 2.75) is 45.7 Å². The number of aromatic nitrogens is 2. The first kappa shape index (κ1) is 15.3. The molecule has 0 saturated heterocycles. The maximum atomic E-state index is 12.5. The van der Waals surface area contributed by atoms with Crippen LogP contribution in [0.25, 0.3) is 11.0 Å². The van der Waals surface area contributed by atoms with Gasteiger partial charge in [-0.15, -0.1) is 0 Å². The summed E-state index contributed by atoms with van der Waals surface area (Å²) in [5.74, 6) is 4.87. The quantitative estimate of drug-likeness (QED) is 0.350. The van der Waals surface area contributed by atoms with E-state index in [4.69, 9.17) is 5.84 Å². The van der Waals surface area contributed by atoms with Crippen LogP contribution in [-0.4, -0.2) is 15.0 Å². The minimum absolute atomic E-state index is 0.0290. The number of carbonyl (C=O) groups is 1. The first-order valence-corrected chi connectivity index (χ1v) is 7.36. The molecule has 2 rings (SSSR count). The fraction of sp³-hybridized carbons (Fsp3) is 0.467. The number of amides is 1. The van der Waals surface area contributed by atoms with Crippen LogP contribution in [0.4, 0.5) is 0 Å². The molecule has 0 spiro atoms. The van der Waals surface area contributed by atoms with Gasteiger partial charge >= 0.3 is 5.69 Å². The van der Waals surface area contributed by atoms with Crippen LogP contribution in [0.15, 0.2) is 29.1 Å². The third kappa shape index (κ3) is 3.33. The lowest BCUT2D eigenvalue weighted by Crippen LogP contribution is -2.29. The minimum atomic E-state index is -0.171. The summed E-state index contributed by atoms with van der Waals surface area (Å²) in [6.07, 6.45) is 2.79. The predicted molar refractivity (Wildman–Crippen MR) is 82.7 cm³/mol. The number of rotatable bonds is 7. The van der Waals surface area contributed by atoms with E-state index in [0.717, 1.165) is 30.4 Å². The van der Waals surface area contributed by atoms with Crippen LogP contribution in [-0.2, 0) is 17.9 Å². The molecular formula is C15H22N4O2. The van der Waals surface area contributed by atoms with Gasteiger partial charge in [-0.05, 0) is 31.4 Å². The van der Waals surface area contributed by atoms with Crippen LogP contribution in [0.5, 0.6) is 0 Å². The van der Waals surface area contributed by atoms with Crippen molar-refractivity contribution in [2.24, 2.45) is 5.84 Å². The van der Waals surface area contributed by atoms with Crippen LogP contribution >= 0.6 is 0 Å². The van der Waals surface area contributed by atoms with E-state index < -0.39 is 0 Å². The number of nitrogens with zero attached hydrogens (tertiary/aromatic N) is 2. The van der Waals surface area contributed by atoms with E-state index in [1.807, 2.05) is 28.8 Å². The number of imidazole rings is 1. The van der Waals surface area contributed by atoms with Crippen molar-refractivity contribution in [1.82, 2.24) is 14.6 Å². The predicted octanol–water partition coefficient (Wildman–Crippen LogP) is 1.37. The molecule has 21 heavy (non-hydrogen) atoms. The van der Waals surface area contributed by atoms with Gasteiger partial charge in [0, 0.05) is 19.5 Å². The second kappa shape index (κ2) is 7.08. The van der Waals surface area contributed by atoms with Crippen molar-refractivity contribution in [3.63, 3.8) is 0 Å². The molecule has 3 N–H and O–H groups in total. The first-order valence-electron chi connectivity index (χ1n) is 7.36. The number of aryl methyl sites for hydroxylation is 2. The van der Waals surface area contributed by atoms with Gasteiger partial charge in [-0.2, -0.15) is 0 Å². The molecule has 6 nitrogen and oxygen atoms in total. The summed E-state index contributed by atoms with van der Waals surface area (Å²) in [6.45, 7) is 3.40. The number of hydrogen-bond donors (Lipinski definition) is 2. The van der Waals surface area contributed by atoms with Gasteiger partial charge in [0.05, 0.1) is 11.0 Å². The van der Waals surface area contributed by atoms with Gasteiger partial charge in [0.15, 0.2) is 0 Å². The van der Waals surface area contributed by atoms with Gasteiger partial charge in [-0.1, -0.05) is 19.1 Å². The lowest BCUT2D eigenvalue weighted by Gasteiger charge is -2.03. The van der Waals surface area contributed by atoms with Gasteiger partial charge in [0.25, 0.3) is 0 Å². The summed E-state index contributed by atoms with van der Waals surface area (Å²) in [5.41, 5.74) is 4.08. The summed E-state index contributed by atoms with van der Waals surface area (Å²) < 4.78 is 3.62. The Morgan fingerprint density at radius 3 is 2.33 bits per heavy atom. The molecular weight excluding hydrogens is 268 g/mol. The number of carbonyl (C=O) groups excluding carboxylic acids is 1. The molecule has 0 fully saturated rings. The topological polar surface area (TPSA) is 82.0 Å². The third-order valence-electron chi connectivity index (χ3n) is 3.57. The summed E-state index contributed by atoms with van der Waals surface area (Å²) >= 11 is 0. The summed E-state index contributed by atoms with van der Waals surface area (Å²) in [6, 6.07) is 7.83. The molecule has 0 radical (unpaired) electrons. The average molecular weight is 290 g/mol. The van der Waals surface area contributed by atoms with Gasteiger partial charge in [-0.3, -0.25) is 19.4 Å². The molecule has 1 aromatic carbocycles. The average Bonchev–Trinajstić information content (AvgIpc) is 2.77. The number of hydrogen-bond acceptors (Lipinski definition) is 3. The zero-order valence-electron chi connectivity index (χ0n) is 12.3. The van der Waals surface area contributed by atoms with Crippen molar-refractivity contribution in [1.29, 1.82) is 0 Å². The molecule has 1 amide bonds. The van der Waals surface area contributed by atoms with Crippen LogP contribution in [0.3, 0.4) is 0 Å².